The highest BCUT2D eigenvalue weighted by Gasteiger charge is 2.11. The van der Waals surface area contributed by atoms with E-state index in [-0.39, 0.29) is 5.91 Å². The maximum atomic E-state index is 12.0. The van der Waals surface area contributed by atoms with Crippen molar-refractivity contribution in [2.45, 2.75) is 6.92 Å². The minimum atomic E-state index is -0.500. The Morgan fingerprint density at radius 1 is 1.21 bits per heavy atom. The number of rotatable bonds is 3. The Morgan fingerprint density at radius 3 is 2.32 bits per heavy atom. The highest BCUT2D eigenvalue weighted by atomic mass is 32.1. The van der Waals surface area contributed by atoms with Gasteiger partial charge in [0.05, 0.1) is 4.88 Å². The third kappa shape index (κ3) is 2.92. The first-order chi connectivity index (χ1) is 8.97. The van der Waals surface area contributed by atoms with Gasteiger partial charge >= 0.3 is 0 Å². The molecule has 0 atom stereocenters. The van der Waals surface area contributed by atoms with Crippen LogP contribution in [0.5, 0.6) is 0 Å². The molecular formula is C13H13N3O2S. The van der Waals surface area contributed by atoms with Crippen molar-refractivity contribution in [3.8, 4) is 0 Å². The lowest BCUT2D eigenvalue weighted by molar-refractivity contribution is 0.0998. The molecule has 0 bridgehead atoms. The van der Waals surface area contributed by atoms with Crippen LogP contribution < -0.4 is 16.8 Å². The number of hydrogen-bond acceptors (Lipinski definition) is 4. The van der Waals surface area contributed by atoms with Crippen LogP contribution in [0.15, 0.2) is 30.3 Å². The van der Waals surface area contributed by atoms with Crippen molar-refractivity contribution in [2.24, 2.45) is 5.73 Å². The van der Waals surface area contributed by atoms with Crippen LogP contribution in [0.4, 0.5) is 11.4 Å². The number of amides is 2. The first-order valence-corrected chi connectivity index (χ1v) is 6.36. The minimum Gasteiger partial charge on any atom is -0.398 e. The predicted molar refractivity (Wildman–Crippen MR) is 76.4 cm³/mol. The van der Waals surface area contributed by atoms with Crippen LogP contribution in [0.25, 0.3) is 0 Å². The second kappa shape index (κ2) is 5.11. The SMILES string of the molecule is Cc1sc(C(=O)Nc2ccc(C(N)=O)cc2)cc1N. The number of hydrogen-bond donors (Lipinski definition) is 3. The van der Waals surface area contributed by atoms with E-state index in [4.69, 9.17) is 11.5 Å². The number of nitrogens with two attached hydrogens (primary N) is 2. The van der Waals surface area contributed by atoms with Crippen LogP contribution in [0, 0.1) is 6.92 Å². The molecule has 6 heteroatoms. The Hall–Kier alpha value is -2.34. The summed E-state index contributed by atoms with van der Waals surface area (Å²) >= 11 is 1.34. The Bertz CT molecular complexity index is 612. The number of nitrogens with one attached hydrogen (secondary N) is 1. The molecule has 19 heavy (non-hydrogen) atoms. The lowest BCUT2D eigenvalue weighted by atomic mass is 10.2. The molecule has 0 saturated heterocycles. The molecule has 5 nitrogen and oxygen atoms in total. The van der Waals surface area contributed by atoms with E-state index in [0.717, 1.165) is 4.88 Å². The summed E-state index contributed by atoms with van der Waals surface area (Å²) in [5, 5.41) is 2.73. The van der Waals surface area contributed by atoms with E-state index >= 15 is 0 Å². The summed E-state index contributed by atoms with van der Waals surface area (Å²) in [6.07, 6.45) is 0. The molecule has 0 spiro atoms. The molecule has 2 amide bonds. The van der Waals surface area contributed by atoms with Gasteiger partial charge in [-0.3, -0.25) is 9.59 Å². The van der Waals surface area contributed by atoms with Crippen LogP contribution in [0.1, 0.15) is 24.9 Å². The van der Waals surface area contributed by atoms with E-state index in [1.807, 2.05) is 6.92 Å². The van der Waals surface area contributed by atoms with Crippen LogP contribution in [0.2, 0.25) is 0 Å². The smallest absolute Gasteiger partial charge is 0.265 e. The number of anilines is 2. The largest absolute Gasteiger partial charge is 0.398 e. The predicted octanol–water partition coefficient (Wildman–Crippen LogP) is 1.99. The zero-order valence-corrected chi connectivity index (χ0v) is 11.1. The van der Waals surface area contributed by atoms with Gasteiger partial charge in [-0.2, -0.15) is 0 Å². The van der Waals surface area contributed by atoms with E-state index in [1.165, 1.54) is 11.3 Å². The molecule has 0 fully saturated rings. The van der Waals surface area contributed by atoms with Gasteiger partial charge in [0, 0.05) is 21.8 Å². The van der Waals surface area contributed by atoms with Crippen molar-refractivity contribution in [3.05, 3.63) is 45.6 Å². The molecule has 2 rings (SSSR count). The van der Waals surface area contributed by atoms with Crippen molar-refractivity contribution in [1.82, 2.24) is 0 Å². The van der Waals surface area contributed by atoms with E-state index in [9.17, 15) is 9.59 Å². The fraction of sp³-hybridized carbons (Fsp3) is 0.0769. The summed E-state index contributed by atoms with van der Waals surface area (Å²) in [5.74, 6) is -0.726. The quantitative estimate of drug-likeness (QED) is 0.798. The van der Waals surface area contributed by atoms with Crippen molar-refractivity contribution < 1.29 is 9.59 Å². The van der Waals surface area contributed by atoms with Gasteiger partial charge in [0.1, 0.15) is 0 Å². The van der Waals surface area contributed by atoms with Gasteiger partial charge in [0.25, 0.3) is 5.91 Å². The highest BCUT2D eigenvalue weighted by Crippen LogP contribution is 2.24. The summed E-state index contributed by atoms with van der Waals surface area (Å²) in [6, 6.07) is 8.02. The number of carbonyl (C=O) groups is 2. The monoisotopic (exact) mass is 275 g/mol. The number of nitrogen functional groups attached to an aromatic ring is 1. The maximum Gasteiger partial charge on any atom is 0.265 e. The van der Waals surface area contributed by atoms with Gasteiger partial charge in [-0.25, -0.2) is 0 Å². The van der Waals surface area contributed by atoms with Crippen LogP contribution in [-0.4, -0.2) is 11.8 Å². The summed E-state index contributed by atoms with van der Waals surface area (Å²) in [7, 11) is 0. The first-order valence-electron chi connectivity index (χ1n) is 5.54. The molecule has 5 N–H and O–H groups in total. The van der Waals surface area contributed by atoms with Gasteiger partial charge < -0.3 is 16.8 Å². The number of aryl methyl sites for hydroxylation is 1. The Labute approximate surface area is 114 Å². The van der Waals surface area contributed by atoms with Crippen molar-refractivity contribution in [3.63, 3.8) is 0 Å². The number of carbonyl (C=O) groups excluding carboxylic acids is 2. The van der Waals surface area contributed by atoms with E-state index in [0.29, 0.717) is 21.8 Å². The van der Waals surface area contributed by atoms with Gasteiger partial charge in [-0.15, -0.1) is 11.3 Å². The summed E-state index contributed by atoms with van der Waals surface area (Å²) in [6.45, 7) is 1.86. The molecule has 0 radical (unpaired) electrons. The molecule has 0 aliphatic carbocycles. The van der Waals surface area contributed by atoms with Gasteiger partial charge in [-0.1, -0.05) is 0 Å². The van der Waals surface area contributed by atoms with Gasteiger partial charge in [0.2, 0.25) is 5.91 Å². The average Bonchev–Trinajstić information content (AvgIpc) is 2.70. The summed E-state index contributed by atoms with van der Waals surface area (Å²) in [4.78, 5) is 24.3. The lowest BCUT2D eigenvalue weighted by Crippen LogP contribution is -2.12. The minimum absolute atomic E-state index is 0.225. The average molecular weight is 275 g/mol. The highest BCUT2D eigenvalue weighted by molar-refractivity contribution is 7.14. The topological polar surface area (TPSA) is 98.2 Å². The fourth-order valence-electron chi connectivity index (χ4n) is 1.52. The van der Waals surface area contributed by atoms with Crippen molar-refractivity contribution >= 4 is 34.5 Å². The molecule has 98 valence electrons. The van der Waals surface area contributed by atoms with Crippen LogP contribution in [0.3, 0.4) is 0 Å². The fourth-order valence-corrected chi connectivity index (χ4v) is 2.35. The zero-order chi connectivity index (χ0) is 14.0. The summed E-state index contributed by atoms with van der Waals surface area (Å²) < 4.78 is 0. The summed E-state index contributed by atoms with van der Waals surface area (Å²) in [5.41, 5.74) is 12.4. The van der Waals surface area contributed by atoms with Crippen molar-refractivity contribution in [1.29, 1.82) is 0 Å². The van der Waals surface area contributed by atoms with Crippen LogP contribution in [-0.2, 0) is 0 Å². The zero-order valence-electron chi connectivity index (χ0n) is 10.3. The van der Waals surface area contributed by atoms with Crippen LogP contribution >= 0.6 is 11.3 Å². The number of primary amides is 1. The molecule has 0 saturated carbocycles. The maximum absolute atomic E-state index is 12.0. The Morgan fingerprint density at radius 2 is 1.84 bits per heavy atom. The first kappa shape index (κ1) is 13.1. The lowest BCUT2D eigenvalue weighted by Gasteiger charge is -2.03. The molecule has 0 aliphatic heterocycles. The van der Waals surface area contributed by atoms with Crippen molar-refractivity contribution in [2.75, 3.05) is 11.1 Å². The third-order valence-electron chi connectivity index (χ3n) is 2.61. The second-order valence-corrected chi connectivity index (χ2v) is 5.27. The molecule has 0 unspecified atom stereocenters. The standard InChI is InChI=1S/C13H13N3O2S/c1-7-10(14)6-11(19-7)13(18)16-9-4-2-8(3-5-9)12(15)17/h2-6H,14H2,1H3,(H2,15,17)(H,16,18). The van der Waals surface area contributed by atoms with E-state index < -0.39 is 5.91 Å². The number of thiophene rings is 1. The molecule has 1 heterocycles. The van der Waals surface area contributed by atoms with Gasteiger partial charge in [-0.05, 0) is 37.3 Å². The molecule has 1 aromatic carbocycles. The molecule has 0 aliphatic rings. The van der Waals surface area contributed by atoms with E-state index in [2.05, 4.69) is 5.32 Å². The van der Waals surface area contributed by atoms with Gasteiger partial charge in [0.15, 0.2) is 0 Å². The Kier molecular flexibility index (Phi) is 3.52. The van der Waals surface area contributed by atoms with E-state index in [1.54, 1.807) is 30.3 Å². The normalized spacial score (nSPS) is 10.2. The third-order valence-corrected chi connectivity index (χ3v) is 3.67. The Balaban J connectivity index is 2.12. The second-order valence-electron chi connectivity index (χ2n) is 4.02. The molecule has 2 aromatic rings. The molecular weight excluding hydrogens is 262 g/mol. The number of benzene rings is 1. The molecule has 1 aromatic heterocycles.